The first-order valence-corrected chi connectivity index (χ1v) is 11.9. The molecule has 0 unspecified atom stereocenters. The Balaban J connectivity index is 1.25. The van der Waals surface area contributed by atoms with E-state index in [-0.39, 0.29) is 5.91 Å². The number of benzene rings is 4. The second-order valence-corrected chi connectivity index (χ2v) is 9.11. The monoisotopic (exact) mass is 506 g/mol. The summed E-state index contributed by atoms with van der Waals surface area (Å²) in [4.78, 5) is 30.0. The Morgan fingerprint density at radius 2 is 1.65 bits per heavy atom. The second-order valence-electron chi connectivity index (χ2n) is 8.70. The predicted molar refractivity (Wildman–Crippen MR) is 145 cm³/mol. The summed E-state index contributed by atoms with van der Waals surface area (Å²) in [5, 5.41) is 4.17. The Bertz CT molecular complexity index is 1870. The zero-order valence-electron chi connectivity index (χ0n) is 19.6. The molecule has 6 rings (SSSR count). The highest BCUT2D eigenvalue weighted by Gasteiger charge is 2.15. The summed E-state index contributed by atoms with van der Waals surface area (Å²) in [5.74, 6) is 0.0684. The summed E-state index contributed by atoms with van der Waals surface area (Å²) in [7, 11) is 0. The van der Waals surface area contributed by atoms with E-state index in [4.69, 9.17) is 20.4 Å². The smallest absolute Gasteiger partial charge is 0.344 e. The lowest BCUT2D eigenvalue weighted by Crippen LogP contribution is -2.12. The van der Waals surface area contributed by atoms with Gasteiger partial charge in [-0.3, -0.25) is 4.79 Å². The van der Waals surface area contributed by atoms with Crippen LogP contribution in [0.5, 0.6) is 0 Å². The van der Waals surface area contributed by atoms with Crippen molar-refractivity contribution in [1.29, 1.82) is 0 Å². The zero-order chi connectivity index (χ0) is 25.5. The fourth-order valence-corrected chi connectivity index (χ4v) is 4.39. The van der Waals surface area contributed by atoms with Crippen molar-refractivity contribution in [3.05, 3.63) is 118 Å². The fourth-order valence-electron chi connectivity index (χ4n) is 4.19. The molecule has 180 valence electrons. The highest BCUT2D eigenvalue weighted by Crippen LogP contribution is 2.33. The van der Waals surface area contributed by atoms with Crippen molar-refractivity contribution in [2.24, 2.45) is 0 Å². The molecule has 2 heterocycles. The van der Waals surface area contributed by atoms with E-state index in [0.717, 1.165) is 16.5 Å². The predicted octanol–water partition coefficient (Wildman–Crippen LogP) is 7.48. The van der Waals surface area contributed by atoms with Crippen LogP contribution in [0.3, 0.4) is 0 Å². The van der Waals surface area contributed by atoms with Crippen molar-refractivity contribution >= 4 is 45.3 Å². The van der Waals surface area contributed by atoms with Gasteiger partial charge in [0.2, 0.25) is 5.89 Å². The van der Waals surface area contributed by atoms with Gasteiger partial charge >= 0.3 is 5.63 Å². The van der Waals surface area contributed by atoms with Crippen molar-refractivity contribution in [1.82, 2.24) is 4.98 Å². The molecule has 7 heteroatoms. The van der Waals surface area contributed by atoms with E-state index in [1.165, 1.54) is 0 Å². The second kappa shape index (κ2) is 9.08. The molecular weight excluding hydrogens is 488 g/mol. The van der Waals surface area contributed by atoms with E-state index in [0.29, 0.717) is 50.0 Å². The number of halogens is 1. The first kappa shape index (κ1) is 22.8. The molecule has 0 saturated carbocycles. The van der Waals surface area contributed by atoms with E-state index in [1.807, 2.05) is 43.3 Å². The number of fused-ring (bicyclic) bond motifs is 2. The van der Waals surface area contributed by atoms with Crippen LogP contribution in [0, 0.1) is 6.92 Å². The maximum absolute atomic E-state index is 13.0. The lowest BCUT2D eigenvalue weighted by Gasteiger charge is -2.08. The number of carbonyl (C=O) groups is 1. The van der Waals surface area contributed by atoms with Crippen LogP contribution in [0.2, 0.25) is 5.02 Å². The quantitative estimate of drug-likeness (QED) is 0.250. The maximum atomic E-state index is 13.0. The van der Waals surface area contributed by atoms with Crippen LogP contribution < -0.4 is 10.9 Å². The van der Waals surface area contributed by atoms with Gasteiger partial charge in [-0.05, 0) is 72.6 Å². The first-order chi connectivity index (χ1) is 17.9. The van der Waals surface area contributed by atoms with E-state index in [2.05, 4.69) is 10.3 Å². The molecule has 0 radical (unpaired) electrons. The summed E-state index contributed by atoms with van der Waals surface area (Å²) in [5.41, 5.74) is 5.22. The zero-order valence-corrected chi connectivity index (χ0v) is 20.4. The molecule has 0 atom stereocenters. The molecule has 0 aliphatic rings. The number of nitrogens with one attached hydrogen (secondary N) is 1. The van der Waals surface area contributed by atoms with Crippen molar-refractivity contribution in [2.45, 2.75) is 6.92 Å². The summed E-state index contributed by atoms with van der Waals surface area (Å²) < 4.78 is 11.3. The summed E-state index contributed by atoms with van der Waals surface area (Å²) >= 11 is 6.42. The third kappa shape index (κ3) is 4.39. The number of aryl methyl sites for hydroxylation is 1. The minimum Gasteiger partial charge on any atom is -0.436 e. The fraction of sp³-hybridized carbons (Fsp3) is 0.0333. The van der Waals surface area contributed by atoms with Gasteiger partial charge in [-0.2, -0.15) is 0 Å². The molecule has 0 saturated heterocycles. The van der Waals surface area contributed by atoms with Gasteiger partial charge in [0.25, 0.3) is 5.91 Å². The van der Waals surface area contributed by atoms with Crippen LogP contribution >= 0.6 is 11.6 Å². The molecular formula is C30H19ClN2O4. The number of anilines is 1. The van der Waals surface area contributed by atoms with Crippen LogP contribution in [-0.4, -0.2) is 10.9 Å². The third-order valence-corrected chi connectivity index (χ3v) is 6.43. The SMILES string of the molecule is Cc1ccc2oc(-c3cc(NC(=O)c4ccc(-c5cc6ccccc6oc5=O)cc4)ccc3Cl)nc2c1. The summed E-state index contributed by atoms with van der Waals surface area (Å²) in [6, 6.07) is 26.8. The standard InChI is InChI=1S/C30H19ClN2O4/c1-17-6-13-27-25(14-17)33-29(36-27)23-16-21(11-12-24(23)31)32-28(34)19-9-7-18(8-10-19)22-15-20-4-2-3-5-26(20)37-30(22)35/h2-16H,1H3,(H,32,34). The number of hydrogen-bond donors (Lipinski definition) is 1. The molecule has 0 fully saturated rings. The number of hydrogen-bond acceptors (Lipinski definition) is 5. The molecule has 1 N–H and O–H groups in total. The van der Waals surface area contributed by atoms with Gasteiger partial charge in [0, 0.05) is 16.6 Å². The summed E-state index contributed by atoms with van der Waals surface area (Å²) in [6.45, 7) is 1.99. The van der Waals surface area contributed by atoms with Gasteiger partial charge < -0.3 is 14.2 Å². The average molecular weight is 507 g/mol. The average Bonchev–Trinajstić information content (AvgIpc) is 3.32. The number of oxazole rings is 1. The Hall–Kier alpha value is -4.68. The molecule has 0 aliphatic carbocycles. The van der Waals surface area contributed by atoms with Crippen molar-refractivity contribution in [2.75, 3.05) is 5.32 Å². The van der Waals surface area contributed by atoms with Crippen LogP contribution in [0.4, 0.5) is 5.69 Å². The molecule has 37 heavy (non-hydrogen) atoms. The maximum Gasteiger partial charge on any atom is 0.344 e. The van der Waals surface area contributed by atoms with Gasteiger partial charge in [-0.25, -0.2) is 9.78 Å². The number of aromatic nitrogens is 1. The van der Waals surface area contributed by atoms with Gasteiger partial charge in [0.05, 0.1) is 16.1 Å². The number of para-hydroxylation sites is 1. The van der Waals surface area contributed by atoms with Crippen molar-refractivity contribution < 1.29 is 13.6 Å². The molecule has 0 bridgehead atoms. The third-order valence-electron chi connectivity index (χ3n) is 6.10. The van der Waals surface area contributed by atoms with E-state index in [1.54, 1.807) is 54.6 Å². The Labute approximate surface area is 216 Å². The molecule has 6 aromatic rings. The molecule has 4 aromatic carbocycles. The molecule has 2 aromatic heterocycles. The van der Waals surface area contributed by atoms with Crippen molar-refractivity contribution in [3.63, 3.8) is 0 Å². The molecule has 6 nitrogen and oxygen atoms in total. The van der Waals surface area contributed by atoms with E-state index >= 15 is 0 Å². The Morgan fingerprint density at radius 1 is 0.838 bits per heavy atom. The molecule has 0 aliphatic heterocycles. The largest absolute Gasteiger partial charge is 0.436 e. The van der Waals surface area contributed by atoms with Crippen molar-refractivity contribution in [3.8, 4) is 22.6 Å². The van der Waals surface area contributed by atoms with Gasteiger partial charge in [-0.15, -0.1) is 0 Å². The summed E-state index contributed by atoms with van der Waals surface area (Å²) in [6.07, 6.45) is 0. The number of rotatable bonds is 4. The normalized spacial score (nSPS) is 11.2. The van der Waals surface area contributed by atoms with Gasteiger partial charge in [-0.1, -0.05) is 48.0 Å². The van der Waals surface area contributed by atoms with Crippen LogP contribution in [0.15, 0.2) is 105 Å². The first-order valence-electron chi connectivity index (χ1n) is 11.6. The molecule has 1 amide bonds. The lowest BCUT2D eigenvalue weighted by molar-refractivity contribution is 0.102. The molecule has 0 spiro atoms. The van der Waals surface area contributed by atoms with E-state index < -0.39 is 5.63 Å². The number of amides is 1. The Kier molecular flexibility index (Phi) is 5.58. The van der Waals surface area contributed by atoms with Crippen LogP contribution in [0.25, 0.3) is 44.7 Å². The lowest BCUT2D eigenvalue weighted by atomic mass is 10.0. The van der Waals surface area contributed by atoms with Crippen LogP contribution in [0.1, 0.15) is 15.9 Å². The van der Waals surface area contributed by atoms with Gasteiger partial charge in [0.1, 0.15) is 11.1 Å². The highest BCUT2D eigenvalue weighted by atomic mass is 35.5. The number of carbonyl (C=O) groups excluding carboxylic acids is 1. The Morgan fingerprint density at radius 3 is 2.49 bits per heavy atom. The highest BCUT2D eigenvalue weighted by molar-refractivity contribution is 6.33. The minimum absolute atomic E-state index is 0.307. The van der Waals surface area contributed by atoms with Gasteiger partial charge in [0.15, 0.2) is 5.58 Å². The number of nitrogens with zero attached hydrogens (tertiary/aromatic N) is 1. The van der Waals surface area contributed by atoms with Crippen LogP contribution in [-0.2, 0) is 0 Å². The van der Waals surface area contributed by atoms with E-state index in [9.17, 15) is 9.59 Å². The minimum atomic E-state index is -0.432. The topological polar surface area (TPSA) is 85.3 Å².